The van der Waals surface area contributed by atoms with E-state index in [0.717, 1.165) is 32.3 Å². The second kappa shape index (κ2) is 10.7. The van der Waals surface area contributed by atoms with Crippen LogP contribution in [0, 0.1) is 0 Å². The lowest BCUT2D eigenvalue weighted by Gasteiger charge is -2.15. The minimum absolute atomic E-state index is 0.328. The Kier molecular flexibility index (Phi) is 6.75. The normalized spacial score (nSPS) is 12.2. The van der Waals surface area contributed by atoms with E-state index in [2.05, 4.69) is 40.6 Å². The van der Waals surface area contributed by atoms with Gasteiger partial charge in [-0.1, -0.05) is 121 Å². The summed E-state index contributed by atoms with van der Waals surface area (Å²) in [5.41, 5.74) is -5.50. The lowest BCUT2D eigenvalue weighted by molar-refractivity contribution is -0.0499. The molecular formula is C37H23F3O4S. The topological polar surface area (TPSA) is 63.6 Å². The van der Waals surface area contributed by atoms with Gasteiger partial charge in [-0.05, 0) is 66.0 Å². The van der Waals surface area contributed by atoms with Crippen molar-refractivity contribution in [2.45, 2.75) is 5.51 Å². The molecule has 0 aliphatic carbocycles. The molecule has 8 aromatic carbocycles. The van der Waals surface area contributed by atoms with Crippen LogP contribution in [0.3, 0.4) is 0 Å². The zero-order valence-corrected chi connectivity index (χ0v) is 24.2. The van der Waals surface area contributed by atoms with E-state index in [1.54, 1.807) is 24.3 Å². The number of halogens is 3. The highest BCUT2D eigenvalue weighted by molar-refractivity contribution is 7.88. The van der Waals surface area contributed by atoms with Crippen molar-refractivity contribution in [3.05, 3.63) is 133 Å². The summed E-state index contributed by atoms with van der Waals surface area (Å²) in [6.07, 6.45) is 0. The van der Waals surface area contributed by atoms with Gasteiger partial charge in [-0.2, -0.15) is 21.6 Å². The number of alkyl halides is 3. The molecule has 0 radical (unpaired) electrons. The largest absolute Gasteiger partial charge is 0.534 e. The Morgan fingerprint density at radius 3 is 1.16 bits per heavy atom. The third-order valence-electron chi connectivity index (χ3n) is 7.96. The third kappa shape index (κ3) is 4.74. The van der Waals surface area contributed by atoms with Crippen LogP contribution in [0.1, 0.15) is 0 Å². The van der Waals surface area contributed by atoms with E-state index >= 15 is 0 Å². The average Bonchev–Trinajstić information content (AvgIpc) is 3.05. The standard InChI is InChI=1S/C19H11F3O3S.C18H12O/c20-19(21,22)26(23,24)25-17-11-5-10-16-14-7-2-1-6-12(14)13-8-3-4-9-15(13)18(16)17;19-17-11-5-10-16-14-7-2-1-6-12(14)13-8-3-4-9-15(13)18(16)17/h1-11H;1-11,19H. The van der Waals surface area contributed by atoms with Crippen LogP contribution in [0.2, 0.25) is 0 Å². The fraction of sp³-hybridized carbons (Fsp3) is 0.0270. The summed E-state index contributed by atoms with van der Waals surface area (Å²) in [5, 5.41) is 21.1. The van der Waals surface area contributed by atoms with Gasteiger partial charge in [-0.3, -0.25) is 0 Å². The van der Waals surface area contributed by atoms with E-state index in [4.69, 9.17) is 0 Å². The molecule has 0 unspecified atom stereocenters. The minimum Gasteiger partial charge on any atom is -0.507 e. The fourth-order valence-electron chi connectivity index (χ4n) is 6.09. The van der Waals surface area contributed by atoms with E-state index < -0.39 is 15.6 Å². The minimum atomic E-state index is -5.76. The predicted octanol–water partition coefficient (Wildman–Crippen LogP) is 10.2. The number of phenolic OH excluding ortho intramolecular Hbond substituents is 1. The van der Waals surface area contributed by atoms with E-state index in [1.807, 2.05) is 60.7 Å². The van der Waals surface area contributed by atoms with Gasteiger partial charge in [0.05, 0.1) is 0 Å². The zero-order chi connectivity index (χ0) is 31.3. The Morgan fingerprint density at radius 2 is 0.756 bits per heavy atom. The molecule has 8 heteroatoms. The van der Waals surface area contributed by atoms with Gasteiger partial charge in [0.15, 0.2) is 5.75 Å². The number of fused-ring (bicyclic) bond motifs is 12. The smallest absolute Gasteiger partial charge is 0.507 e. The SMILES string of the molecule is O=S(=O)(Oc1cccc2c3ccccc3c3ccccc3c12)C(F)(F)F.Oc1cccc2c3ccccc3c3ccccc3c12. The van der Waals surface area contributed by atoms with Gasteiger partial charge in [0, 0.05) is 10.8 Å². The van der Waals surface area contributed by atoms with Gasteiger partial charge < -0.3 is 9.29 Å². The molecule has 0 aliphatic rings. The highest BCUT2D eigenvalue weighted by Gasteiger charge is 2.48. The Hall–Kier alpha value is -5.34. The molecule has 0 atom stereocenters. The lowest BCUT2D eigenvalue weighted by atomic mass is 9.94. The van der Waals surface area contributed by atoms with Crippen molar-refractivity contribution in [3.8, 4) is 11.5 Å². The third-order valence-corrected chi connectivity index (χ3v) is 8.93. The molecule has 0 heterocycles. The van der Waals surface area contributed by atoms with Gasteiger partial charge in [0.2, 0.25) is 0 Å². The van der Waals surface area contributed by atoms with Crippen LogP contribution in [-0.4, -0.2) is 19.0 Å². The van der Waals surface area contributed by atoms with Gasteiger partial charge in [0.1, 0.15) is 5.75 Å². The van der Waals surface area contributed by atoms with Gasteiger partial charge >= 0.3 is 15.6 Å². The molecule has 0 fully saturated rings. The number of aromatic hydroxyl groups is 1. The van der Waals surface area contributed by atoms with Crippen LogP contribution in [0.15, 0.2) is 133 Å². The molecule has 0 aliphatic heterocycles. The van der Waals surface area contributed by atoms with Crippen LogP contribution in [0.25, 0.3) is 64.6 Å². The maximum atomic E-state index is 12.8. The quantitative estimate of drug-likeness (QED) is 0.119. The molecule has 0 aromatic heterocycles. The van der Waals surface area contributed by atoms with Crippen LogP contribution in [0.4, 0.5) is 13.2 Å². The number of hydrogen-bond acceptors (Lipinski definition) is 4. The van der Waals surface area contributed by atoms with E-state index in [-0.39, 0.29) is 5.75 Å². The summed E-state index contributed by atoms with van der Waals surface area (Å²) in [6, 6.07) is 41.3. The molecule has 8 rings (SSSR count). The predicted molar refractivity (Wildman–Crippen MR) is 175 cm³/mol. The van der Waals surface area contributed by atoms with E-state index in [0.29, 0.717) is 21.9 Å². The second-order valence-electron chi connectivity index (χ2n) is 10.5. The monoisotopic (exact) mass is 620 g/mol. The first-order valence-corrected chi connectivity index (χ1v) is 15.4. The molecule has 1 N–H and O–H groups in total. The zero-order valence-electron chi connectivity index (χ0n) is 23.4. The first-order valence-electron chi connectivity index (χ1n) is 14.0. The molecule has 0 saturated carbocycles. The van der Waals surface area contributed by atoms with Gasteiger partial charge in [-0.15, -0.1) is 0 Å². The first-order chi connectivity index (χ1) is 21.7. The van der Waals surface area contributed by atoms with Gasteiger partial charge in [-0.25, -0.2) is 0 Å². The van der Waals surface area contributed by atoms with Crippen LogP contribution in [0.5, 0.6) is 11.5 Å². The van der Waals surface area contributed by atoms with Crippen molar-refractivity contribution < 1.29 is 30.9 Å². The highest BCUT2D eigenvalue weighted by Crippen LogP contribution is 2.41. The molecule has 222 valence electrons. The van der Waals surface area contributed by atoms with Crippen molar-refractivity contribution in [2.24, 2.45) is 0 Å². The van der Waals surface area contributed by atoms with Crippen molar-refractivity contribution >= 4 is 74.8 Å². The maximum absolute atomic E-state index is 12.8. The second-order valence-corrected chi connectivity index (χ2v) is 12.1. The Bertz CT molecular complexity index is 2450. The number of phenols is 1. The average molecular weight is 621 g/mol. The summed E-state index contributed by atoms with van der Waals surface area (Å²) in [6.45, 7) is 0. The first kappa shape index (κ1) is 28.4. The van der Waals surface area contributed by atoms with E-state index in [1.165, 1.54) is 28.3 Å². The molecular weight excluding hydrogens is 597 g/mol. The number of hydrogen-bond donors (Lipinski definition) is 1. The highest BCUT2D eigenvalue weighted by atomic mass is 32.2. The summed E-state index contributed by atoms with van der Waals surface area (Å²) in [4.78, 5) is 0. The lowest BCUT2D eigenvalue weighted by Crippen LogP contribution is -2.28. The summed E-state index contributed by atoms with van der Waals surface area (Å²) in [7, 11) is -5.76. The van der Waals surface area contributed by atoms with Crippen molar-refractivity contribution in [2.75, 3.05) is 0 Å². The Balaban J connectivity index is 0.000000151. The summed E-state index contributed by atoms with van der Waals surface area (Å²) in [5.74, 6) is 0.00114. The van der Waals surface area contributed by atoms with Crippen molar-refractivity contribution in [3.63, 3.8) is 0 Å². The molecule has 0 amide bonds. The number of rotatable bonds is 2. The molecule has 4 nitrogen and oxygen atoms in total. The molecule has 8 aromatic rings. The maximum Gasteiger partial charge on any atom is 0.534 e. The Labute approximate surface area is 255 Å². The number of benzene rings is 8. The molecule has 45 heavy (non-hydrogen) atoms. The van der Waals surface area contributed by atoms with Crippen molar-refractivity contribution in [1.82, 2.24) is 0 Å². The summed E-state index contributed by atoms with van der Waals surface area (Å²) >= 11 is 0. The van der Waals surface area contributed by atoms with Crippen LogP contribution in [-0.2, 0) is 10.1 Å². The molecule has 0 saturated heterocycles. The summed E-state index contributed by atoms with van der Waals surface area (Å²) < 4.78 is 65.8. The Morgan fingerprint density at radius 1 is 0.444 bits per heavy atom. The molecule has 0 spiro atoms. The molecule has 0 bridgehead atoms. The van der Waals surface area contributed by atoms with Crippen LogP contribution >= 0.6 is 0 Å². The fourth-order valence-corrected chi connectivity index (χ4v) is 6.56. The van der Waals surface area contributed by atoms with E-state index in [9.17, 15) is 26.7 Å². The van der Waals surface area contributed by atoms with Crippen molar-refractivity contribution in [1.29, 1.82) is 0 Å². The van der Waals surface area contributed by atoms with Crippen LogP contribution < -0.4 is 4.18 Å². The van der Waals surface area contributed by atoms with Gasteiger partial charge in [0.25, 0.3) is 0 Å².